The van der Waals surface area contributed by atoms with Gasteiger partial charge in [0.15, 0.2) is 0 Å². The topological polar surface area (TPSA) is 39.9 Å². The summed E-state index contributed by atoms with van der Waals surface area (Å²) in [6.45, 7) is 1.55. The van der Waals surface area contributed by atoms with Gasteiger partial charge in [-0.2, -0.15) is 0 Å². The lowest BCUT2D eigenvalue weighted by molar-refractivity contribution is 0.0845. The number of benzene rings is 2. The summed E-state index contributed by atoms with van der Waals surface area (Å²) in [5.41, 5.74) is 5.10. The molecule has 0 radical (unpaired) electrons. The van der Waals surface area contributed by atoms with Crippen LogP contribution in [-0.2, 0) is 11.2 Å². The average molecular weight is 448 g/mol. The lowest BCUT2D eigenvalue weighted by Gasteiger charge is -2.21. The predicted octanol–water partition coefficient (Wildman–Crippen LogP) is 6.32. The van der Waals surface area contributed by atoms with Crippen molar-refractivity contribution in [2.45, 2.75) is 37.6 Å². The zero-order chi connectivity index (χ0) is 21.7. The number of imidazole rings is 1. The van der Waals surface area contributed by atoms with Crippen molar-refractivity contribution in [2.24, 2.45) is 0 Å². The fourth-order valence-corrected chi connectivity index (χ4v) is 5.41. The summed E-state index contributed by atoms with van der Waals surface area (Å²) in [6, 6.07) is 15.5. The number of nitrogens with zero attached hydrogens (tertiary/aromatic N) is 3. The molecule has 0 spiro atoms. The van der Waals surface area contributed by atoms with E-state index in [0.29, 0.717) is 17.0 Å². The van der Waals surface area contributed by atoms with E-state index in [1.165, 1.54) is 0 Å². The molecule has 0 N–H and O–H groups in total. The third-order valence-electron chi connectivity index (χ3n) is 6.81. The Morgan fingerprint density at radius 1 is 1.03 bits per heavy atom. The molecule has 6 rings (SSSR count). The minimum absolute atomic E-state index is 0.107. The molecule has 0 bridgehead atoms. The van der Waals surface area contributed by atoms with E-state index in [4.69, 9.17) is 21.3 Å². The Morgan fingerprint density at radius 2 is 1.88 bits per heavy atom. The quantitative estimate of drug-likeness (QED) is 0.369. The third-order valence-corrected chi connectivity index (χ3v) is 7.15. The van der Waals surface area contributed by atoms with E-state index >= 15 is 4.39 Å². The van der Waals surface area contributed by atoms with E-state index in [2.05, 4.69) is 15.6 Å². The van der Waals surface area contributed by atoms with Crippen LogP contribution < -0.4 is 0 Å². The zero-order valence-electron chi connectivity index (χ0n) is 17.6. The number of rotatable bonds is 3. The molecule has 6 heteroatoms. The molecule has 32 heavy (non-hydrogen) atoms. The molecular formula is C26H23ClFN3O. The molecule has 162 valence electrons. The summed E-state index contributed by atoms with van der Waals surface area (Å²) in [7, 11) is 0. The Bertz CT molecular complexity index is 1290. The van der Waals surface area contributed by atoms with Crippen molar-refractivity contribution in [3.05, 3.63) is 82.6 Å². The van der Waals surface area contributed by atoms with E-state index in [1.807, 2.05) is 36.4 Å². The van der Waals surface area contributed by atoms with Gasteiger partial charge in [-0.25, -0.2) is 9.37 Å². The first-order valence-electron chi connectivity index (χ1n) is 11.2. The molecule has 2 aromatic heterocycles. The van der Waals surface area contributed by atoms with E-state index in [-0.39, 0.29) is 11.9 Å². The molecule has 1 fully saturated rings. The Kier molecular flexibility index (Phi) is 4.96. The highest BCUT2D eigenvalue weighted by Crippen LogP contribution is 2.39. The highest BCUT2D eigenvalue weighted by Gasteiger charge is 2.29. The predicted molar refractivity (Wildman–Crippen MR) is 124 cm³/mol. The van der Waals surface area contributed by atoms with Gasteiger partial charge in [-0.1, -0.05) is 35.9 Å². The number of hydrogen-bond donors (Lipinski definition) is 0. The highest BCUT2D eigenvalue weighted by atomic mass is 35.5. The van der Waals surface area contributed by atoms with E-state index in [0.717, 1.165) is 72.1 Å². The van der Waals surface area contributed by atoms with Gasteiger partial charge in [0, 0.05) is 59.7 Å². The summed E-state index contributed by atoms with van der Waals surface area (Å²) >= 11 is 6.51. The van der Waals surface area contributed by atoms with Crippen molar-refractivity contribution < 1.29 is 9.13 Å². The largest absolute Gasteiger partial charge is 0.381 e. The number of halogens is 2. The summed E-state index contributed by atoms with van der Waals surface area (Å²) in [5, 5.41) is 0.752. The summed E-state index contributed by atoms with van der Waals surface area (Å²) < 4.78 is 22.8. The smallest absolute Gasteiger partial charge is 0.133 e. The lowest BCUT2D eigenvalue weighted by Crippen LogP contribution is -2.14. The first kappa shape index (κ1) is 19.9. The van der Waals surface area contributed by atoms with E-state index in [1.54, 1.807) is 12.3 Å². The molecule has 1 atom stereocenters. The molecule has 2 aliphatic rings. The van der Waals surface area contributed by atoms with Crippen LogP contribution in [0.2, 0.25) is 5.02 Å². The maximum atomic E-state index is 15.1. The van der Waals surface area contributed by atoms with Crippen molar-refractivity contribution >= 4 is 22.6 Å². The van der Waals surface area contributed by atoms with Crippen LogP contribution in [0.4, 0.5) is 4.39 Å². The number of fused-ring (bicyclic) bond motifs is 3. The minimum Gasteiger partial charge on any atom is -0.381 e. The Morgan fingerprint density at radius 3 is 2.66 bits per heavy atom. The van der Waals surface area contributed by atoms with Crippen LogP contribution in [-0.4, -0.2) is 27.7 Å². The van der Waals surface area contributed by atoms with Crippen molar-refractivity contribution in [2.75, 3.05) is 13.2 Å². The SMILES string of the molecule is Fc1cc2nc3n(c2cc1-c1ccc(C2CCOCC2)nc1)[C@H](c1ccccc1Cl)CC3. The molecule has 2 aliphatic heterocycles. The number of ether oxygens (including phenoxy) is 1. The second kappa shape index (κ2) is 7.98. The molecule has 2 aromatic carbocycles. The average Bonchev–Trinajstić information content (AvgIpc) is 3.39. The second-order valence-corrected chi connectivity index (χ2v) is 9.06. The molecular weight excluding hydrogens is 425 g/mol. The molecule has 0 amide bonds. The van der Waals surface area contributed by atoms with Gasteiger partial charge in [0.25, 0.3) is 0 Å². The Balaban J connectivity index is 1.41. The first-order chi connectivity index (χ1) is 15.7. The number of pyridine rings is 1. The number of hydrogen-bond acceptors (Lipinski definition) is 3. The van der Waals surface area contributed by atoms with Crippen LogP contribution in [0, 0.1) is 5.82 Å². The summed E-state index contributed by atoms with van der Waals surface area (Å²) in [4.78, 5) is 9.39. The molecule has 4 aromatic rings. The van der Waals surface area contributed by atoms with Crippen molar-refractivity contribution in [3.63, 3.8) is 0 Å². The maximum absolute atomic E-state index is 15.1. The normalized spacial score (nSPS) is 18.9. The lowest BCUT2D eigenvalue weighted by atomic mass is 9.95. The van der Waals surface area contributed by atoms with Gasteiger partial charge < -0.3 is 9.30 Å². The molecule has 4 nitrogen and oxygen atoms in total. The Labute approximate surface area is 191 Å². The minimum atomic E-state index is -0.274. The van der Waals surface area contributed by atoms with E-state index < -0.39 is 0 Å². The van der Waals surface area contributed by atoms with Crippen molar-refractivity contribution in [1.29, 1.82) is 0 Å². The molecule has 0 saturated carbocycles. The van der Waals surface area contributed by atoms with Gasteiger partial charge in [0.05, 0.1) is 17.1 Å². The molecule has 0 unspecified atom stereocenters. The van der Waals surface area contributed by atoms with Gasteiger partial charge in [-0.3, -0.25) is 4.98 Å². The fraction of sp³-hybridized carbons (Fsp3) is 0.308. The zero-order valence-corrected chi connectivity index (χ0v) is 18.4. The maximum Gasteiger partial charge on any atom is 0.133 e. The molecule has 1 saturated heterocycles. The Hall–Kier alpha value is -2.76. The van der Waals surface area contributed by atoms with E-state index in [9.17, 15) is 0 Å². The van der Waals surface area contributed by atoms with Gasteiger partial charge >= 0.3 is 0 Å². The fourth-order valence-electron chi connectivity index (χ4n) is 5.15. The number of aromatic nitrogens is 3. The van der Waals surface area contributed by atoms with Crippen LogP contribution >= 0.6 is 11.6 Å². The molecule has 0 aliphatic carbocycles. The van der Waals surface area contributed by atoms with Crippen LogP contribution in [0.15, 0.2) is 54.7 Å². The summed E-state index contributed by atoms with van der Waals surface area (Å²) in [6.07, 6.45) is 5.55. The van der Waals surface area contributed by atoms with Gasteiger partial charge in [0.1, 0.15) is 11.6 Å². The standard InChI is InChI=1S/C26H23ClFN3O/c27-20-4-2-1-3-18(20)24-7-8-26-30-23-14-21(28)19(13-25(23)31(24)26)17-5-6-22(29-15-17)16-9-11-32-12-10-16/h1-6,13-16,24H,7-12H2/t24-/m0/s1. The van der Waals surface area contributed by atoms with Gasteiger partial charge in [0.2, 0.25) is 0 Å². The summed E-state index contributed by atoms with van der Waals surface area (Å²) in [5.74, 6) is 1.12. The van der Waals surface area contributed by atoms with Crippen molar-refractivity contribution in [3.8, 4) is 11.1 Å². The second-order valence-electron chi connectivity index (χ2n) is 8.65. The monoisotopic (exact) mass is 447 g/mol. The van der Waals surface area contributed by atoms with Crippen LogP contribution in [0.3, 0.4) is 0 Å². The van der Waals surface area contributed by atoms with Crippen LogP contribution in [0.1, 0.15) is 48.3 Å². The van der Waals surface area contributed by atoms with Gasteiger partial charge in [-0.15, -0.1) is 0 Å². The van der Waals surface area contributed by atoms with Gasteiger partial charge in [-0.05, 0) is 43.0 Å². The first-order valence-corrected chi connectivity index (χ1v) is 11.6. The third kappa shape index (κ3) is 3.31. The van der Waals surface area contributed by atoms with Crippen molar-refractivity contribution in [1.82, 2.24) is 14.5 Å². The highest BCUT2D eigenvalue weighted by molar-refractivity contribution is 6.31. The van der Waals surface area contributed by atoms with Crippen LogP contribution in [0.25, 0.3) is 22.2 Å². The molecule has 4 heterocycles. The van der Waals surface area contributed by atoms with Crippen LogP contribution in [0.5, 0.6) is 0 Å². The number of aryl methyl sites for hydroxylation is 1.